The average Bonchev–Trinajstić information content (AvgIpc) is 2.52. The van der Waals surface area contributed by atoms with Gasteiger partial charge in [0, 0.05) is 18.2 Å². The number of fused-ring (bicyclic) bond motifs is 2. The van der Waals surface area contributed by atoms with E-state index in [-0.39, 0.29) is 26.7 Å². The van der Waals surface area contributed by atoms with Gasteiger partial charge in [0.25, 0.3) is 10.0 Å². The molecule has 0 atom stereocenters. The number of nitrogens with zero attached hydrogens (tertiary/aromatic N) is 1. The first-order valence-corrected chi connectivity index (χ1v) is 7.77. The second-order valence-electron chi connectivity index (χ2n) is 4.58. The zero-order chi connectivity index (χ0) is 15.4. The monoisotopic (exact) mass is 325 g/mol. The molecule has 0 spiro atoms. The molecule has 4 nitrogen and oxygen atoms in total. The van der Waals surface area contributed by atoms with Crippen molar-refractivity contribution in [2.45, 2.75) is 4.90 Å². The molecule has 1 heterocycles. The second kappa shape index (κ2) is 4.54. The molecule has 1 aliphatic heterocycles. The molecule has 0 aromatic heterocycles. The Morgan fingerprint density at radius 2 is 1.81 bits per heavy atom. The van der Waals surface area contributed by atoms with Gasteiger partial charge in [0.15, 0.2) is 5.78 Å². The standard InChI is InChI=1S/C14H9ClFNO3S/c1-17-12-5-3-2-4-8(12)14(18)9-6-11(16)10(15)7-13(9)21(17,19)20/h2-7H,1H3. The van der Waals surface area contributed by atoms with Crippen LogP contribution in [-0.4, -0.2) is 21.2 Å². The normalized spacial score (nSPS) is 16.1. The molecular weight excluding hydrogens is 317 g/mol. The molecule has 0 N–H and O–H groups in total. The van der Waals surface area contributed by atoms with Gasteiger partial charge in [-0.2, -0.15) is 0 Å². The van der Waals surface area contributed by atoms with Crippen molar-refractivity contribution in [1.29, 1.82) is 0 Å². The molecule has 2 aromatic rings. The van der Waals surface area contributed by atoms with Crippen molar-refractivity contribution in [1.82, 2.24) is 0 Å². The Morgan fingerprint density at radius 3 is 2.52 bits per heavy atom. The number of benzene rings is 2. The van der Waals surface area contributed by atoms with E-state index >= 15 is 0 Å². The Morgan fingerprint density at radius 1 is 1.14 bits per heavy atom. The number of hydrogen-bond donors (Lipinski definition) is 0. The lowest BCUT2D eigenvalue weighted by molar-refractivity contribution is 0.103. The number of sulfonamides is 1. The maximum atomic E-state index is 13.6. The maximum Gasteiger partial charge on any atom is 0.264 e. The topological polar surface area (TPSA) is 54.5 Å². The fraction of sp³-hybridized carbons (Fsp3) is 0.0714. The van der Waals surface area contributed by atoms with Gasteiger partial charge in [0.2, 0.25) is 0 Å². The van der Waals surface area contributed by atoms with Gasteiger partial charge in [-0.15, -0.1) is 0 Å². The van der Waals surface area contributed by atoms with Crippen LogP contribution in [0, 0.1) is 5.82 Å². The fourth-order valence-corrected chi connectivity index (χ4v) is 3.92. The zero-order valence-electron chi connectivity index (χ0n) is 10.8. The molecule has 0 saturated heterocycles. The number of anilines is 1. The summed E-state index contributed by atoms with van der Waals surface area (Å²) < 4.78 is 39.8. The Bertz CT molecular complexity index is 880. The van der Waals surface area contributed by atoms with Gasteiger partial charge >= 0.3 is 0 Å². The van der Waals surface area contributed by atoms with Gasteiger partial charge in [-0.05, 0) is 24.3 Å². The fourth-order valence-electron chi connectivity index (χ4n) is 2.28. The Labute approximate surface area is 125 Å². The molecule has 0 saturated carbocycles. The number of halogens is 2. The van der Waals surface area contributed by atoms with Crippen LogP contribution in [0.4, 0.5) is 10.1 Å². The molecule has 3 rings (SSSR count). The predicted octanol–water partition coefficient (Wildman–Crippen LogP) is 2.85. The van der Waals surface area contributed by atoms with E-state index in [4.69, 9.17) is 11.6 Å². The molecule has 7 heteroatoms. The maximum absolute atomic E-state index is 13.6. The van der Waals surface area contributed by atoms with Crippen LogP contribution in [0.1, 0.15) is 15.9 Å². The summed E-state index contributed by atoms with van der Waals surface area (Å²) in [7, 11) is -2.64. The van der Waals surface area contributed by atoms with Crippen molar-refractivity contribution in [3.8, 4) is 0 Å². The van der Waals surface area contributed by atoms with Gasteiger partial charge in [-0.1, -0.05) is 23.7 Å². The summed E-state index contributed by atoms with van der Waals surface area (Å²) in [6, 6.07) is 8.12. The van der Waals surface area contributed by atoms with E-state index in [9.17, 15) is 17.6 Å². The van der Waals surface area contributed by atoms with Gasteiger partial charge in [0.05, 0.1) is 10.7 Å². The van der Waals surface area contributed by atoms with Crippen molar-refractivity contribution >= 4 is 33.1 Å². The Balaban J connectivity index is 2.46. The van der Waals surface area contributed by atoms with E-state index in [1.807, 2.05) is 0 Å². The summed E-state index contributed by atoms with van der Waals surface area (Å²) in [4.78, 5) is 12.2. The third-order valence-electron chi connectivity index (χ3n) is 3.39. The van der Waals surface area contributed by atoms with Crippen molar-refractivity contribution in [2.24, 2.45) is 0 Å². The molecular formula is C14H9ClFNO3S. The summed E-state index contributed by atoms with van der Waals surface area (Å²) in [6.07, 6.45) is 0. The van der Waals surface area contributed by atoms with Crippen LogP contribution in [-0.2, 0) is 10.0 Å². The number of hydrogen-bond acceptors (Lipinski definition) is 3. The highest BCUT2D eigenvalue weighted by Crippen LogP contribution is 2.35. The first-order valence-electron chi connectivity index (χ1n) is 5.95. The quantitative estimate of drug-likeness (QED) is 0.748. The molecule has 0 bridgehead atoms. The van der Waals surface area contributed by atoms with Crippen LogP contribution in [0.15, 0.2) is 41.3 Å². The molecule has 0 fully saturated rings. The highest BCUT2D eigenvalue weighted by Gasteiger charge is 2.34. The lowest BCUT2D eigenvalue weighted by Crippen LogP contribution is -2.26. The number of para-hydroxylation sites is 1. The van der Waals surface area contributed by atoms with Crippen LogP contribution in [0.5, 0.6) is 0 Å². The first kappa shape index (κ1) is 14.0. The van der Waals surface area contributed by atoms with Crippen molar-refractivity contribution in [2.75, 3.05) is 11.4 Å². The highest BCUT2D eigenvalue weighted by molar-refractivity contribution is 7.93. The van der Waals surface area contributed by atoms with E-state index in [1.165, 1.54) is 19.2 Å². The Kier molecular flexibility index (Phi) is 3.04. The summed E-state index contributed by atoms with van der Waals surface area (Å²) in [6.45, 7) is 0. The van der Waals surface area contributed by atoms with Gasteiger partial charge in [0.1, 0.15) is 10.7 Å². The Hall–Kier alpha value is -1.92. The van der Waals surface area contributed by atoms with Crippen LogP contribution in [0.2, 0.25) is 5.02 Å². The lowest BCUT2D eigenvalue weighted by atomic mass is 10.0. The third-order valence-corrected chi connectivity index (χ3v) is 5.49. The van der Waals surface area contributed by atoms with Gasteiger partial charge in [-0.3, -0.25) is 9.10 Å². The van der Waals surface area contributed by atoms with E-state index in [0.29, 0.717) is 0 Å². The average molecular weight is 326 g/mol. The third kappa shape index (κ3) is 1.94. The molecule has 1 aliphatic rings. The molecule has 0 aliphatic carbocycles. The van der Waals surface area contributed by atoms with Crippen LogP contribution < -0.4 is 4.31 Å². The molecule has 21 heavy (non-hydrogen) atoms. The second-order valence-corrected chi connectivity index (χ2v) is 6.93. The molecule has 0 amide bonds. The molecule has 0 unspecified atom stereocenters. The molecule has 0 radical (unpaired) electrons. The number of rotatable bonds is 0. The van der Waals surface area contributed by atoms with E-state index in [0.717, 1.165) is 16.4 Å². The van der Waals surface area contributed by atoms with Crippen LogP contribution in [0.25, 0.3) is 0 Å². The lowest BCUT2D eigenvalue weighted by Gasteiger charge is -2.18. The SMILES string of the molecule is CN1c2ccccc2C(=O)c2cc(F)c(Cl)cc2S1(=O)=O. The number of ketones is 1. The molecule has 108 valence electrons. The van der Waals surface area contributed by atoms with Crippen LogP contribution in [0.3, 0.4) is 0 Å². The van der Waals surface area contributed by atoms with Crippen molar-refractivity contribution in [3.63, 3.8) is 0 Å². The minimum absolute atomic E-state index is 0.198. The highest BCUT2D eigenvalue weighted by atomic mass is 35.5. The summed E-state index contributed by atoms with van der Waals surface area (Å²) in [5.41, 5.74) is 0.230. The summed E-state index contributed by atoms with van der Waals surface area (Å²) in [5.74, 6) is -1.38. The van der Waals surface area contributed by atoms with Crippen molar-refractivity contribution < 1.29 is 17.6 Å². The summed E-state index contributed by atoms with van der Waals surface area (Å²) >= 11 is 5.66. The van der Waals surface area contributed by atoms with Crippen LogP contribution >= 0.6 is 11.6 Å². The summed E-state index contributed by atoms with van der Waals surface area (Å²) in [5, 5.41) is -0.343. The first-order chi connectivity index (χ1) is 9.84. The zero-order valence-corrected chi connectivity index (χ0v) is 12.4. The van der Waals surface area contributed by atoms with E-state index in [2.05, 4.69) is 0 Å². The largest absolute Gasteiger partial charge is 0.288 e. The predicted molar refractivity (Wildman–Crippen MR) is 76.9 cm³/mol. The van der Waals surface area contributed by atoms with Gasteiger partial charge in [-0.25, -0.2) is 12.8 Å². The van der Waals surface area contributed by atoms with E-state index < -0.39 is 21.6 Å². The minimum Gasteiger partial charge on any atom is -0.288 e. The van der Waals surface area contributed by atoms with Gasteiger partial charge < -0.3 is 0 Å². The number of carbonyl (C=O) groups excluding carboxylic acids is 1. The minimum atomic E-state index is -3.98. The smallest absolute Gasteiger partial charge is 0.264 e. The number of carbonyl (C=O) groups is 1. The molecule has 2 aromatic carbocycles. The van der Waals surface area contributed by atoms with Crippen molar-refractivity contribution in [3.05, 3.63) is 58.4 Å². The van der Waals surface area contributed by atoms with E-state index in [1.54, 1.807) is 12.1 Å².